The molecule has 0 unspecified atom stereocenters. The number of urea groups is 1. The smallest absolute Gasteiger partial charge is 0.306 e. The fraction of sp³-hybridized carbons (Fsp3) is 0. The van der Waals surface area contributed by atoms with Crippen molar-refractivity contribution >= 4 is 39.9 Å². The van der Waals surface area contributed by atoms with Crippen molar-refractivity contribution in [3.05, 3.63) is 65.8 Å². The Labute approximate surface area is 126 Å². The predicted octanol–water partition coefficient (Wildman–Crippen LogP) is 4.53. The predicted molar refractivity (Wildman–Crippen MR) is 85.8 cm³/mol. The maximum absolute atomic E-state index is 12.0. The number of rotatable bonds is 2. The van der Waals surface area contributed by atoms with Gasteiger partial charge in [-0.15, -0.1) is 0 Å². The summed E-state index contributed by atoms with van der Waals surface area (Å²) in [6.45, 7) is 0. The summed E-state index contributed by atoms with van der Waals surface area (Å²) in [6, 6.07) is 16.3. The number of nitrogens with zero attached hydrogens (tertiary/aromatic N) is 1. The van der Waals surface area contributed by atoms with E-state index < -0.39 is 0 Å². The van der Waals surface area contributed by atoms with Gasteiger partial charge in [-0.1, -0.05) is 41.9 Å². The van der Waals surface area contributed by atoms with Crippen LogP contribution in [0.25, 0.3) is 10.9 Å². The second-order valence-corrected chi connectivity index (χ2v) is 4.88. The number of fused-ring (bicyclic) bond motifs is 1. The lowest BCUT2D eigenvalue weighted by Crippen LogP contribution is -2.19. The largest absolute Gasteiger partial charge is 0.323 e. The van der Waals surface area contributed by atoms with Gasteiger partial charge in [0.25, 0.3) is 0 Å². The fourth-order valence-electron chi connectivity index (χ4n) is 1.99. The highest BCUT2D eigenvalue weighted by molar-refractivity contribution is 6.33. The lowest BCUT2D eigenvalue weighted by atomic mass is 10.2. The quantitative estimate of drug-likeness (QED) is 0.730. The number of benzene rings is 2. The highest BCUT2D eigenvalue weighted by Gasteiger charge is 2.06. The molecule has 4 nitrogen and oxygen atoms in total. The monoisotopic (exact) mass is 297 g/mol. The second-order valence-electron chi connectivity index (χ2n) is 4.48. The topological polar surface area (TPSA) is 54.0 Å². The molecule has 0 aliphatic heterocycles. The number of anilines is 2. The average Bonchev–Trinajstić information content (AvgIpc) is 2.49. The molecule has 3 rings (SSSR count). The molecule has 0 radical (unpaired) electrons. The number of halogens is 1. The lowest BCUT2D eigenvalue weighted by Gasteiger charge is -2.09. The van der Waals surface area contributed by atoms with Crippen molar-refractivity contribution in [3.8, 4) is 0 Å². The maximum Gasteiger partial charge on any atom is 0.323 e. The Balaban J connectivity index is 1.75. The number of hydrogen-bond donors (Lipinski definition) is 2. The Bertz CT molecular complexity index is 804. The average molecular weight is 298 g/mol. The van der Waals surface area contributed by atoms with Crippen LogP contribution in [0.2, 0.25) is 5.02 Å². The molecule has 0 atom stereocenters. The molecule has 3 aromatic rings. The number of carbonyl (C=O) groups is 1. The fourth-order valence-corrected chi connectivity index (χ4v) is 2.17. The summed E-state index contributed by atoms with van der Waals surface area (Å²) in [5.41, 5.74) is 2.07. The zero-order valence-corrected chi connectivity index (χ0v) is 11.8. The number of nitrogens with one attached hydrogen (secondary N) is 2. The van der Waals surface area contributed by atoms with E-state index in [1.165, 1.54) is 0 Å². The Morgan fingerprint density at radius 1 is 1.00 bits per heavy atom. The van der Waals surface area contributed by atoms with Crippen molar-refractivity contribution in [2.45, 2.75) is 0 Å². The van der Waals surface area contributed by atoms with Gasteiger partial charge >= 0.3 is 6.03 Å². The van der Waals surface area contributed by atoms with Crippen molar-refractivity contribution in [1.82, 2.24) is 4.98 Å². The molecule has 1 heterocycles. The Morgan fingerprint density at radius 2 is 1.76 bits per heavy atom. The van der Waals surface area contributed by atoms with Crippen LogP contribution in [0.3, 0.4) is 0 Å². The first-order valence-electron chi connectivity index (χ1n) is 6.40. The zero-order valence-electron chi connectivity index (χ0n) is 11.0. The van der Waals surface area contributed by atoms with Gasteiger partial charge < -0.3 is 10.6 Å². The van der Waals surface area contributed by atoms with Crippen molar-refractivity contribution in [1.29, 1.82) is 0 Å². The molecule has 21 heavy (non-hydrogen) atoms. The van der Waals surface area contributed by atoms with E-state index in [9.17, 15) is 4.79 Å². The van der Waals surface area contributed by atoms with Crippen molar-refractivity contribution in [2.24, 2.45) is 0 Å². The Hall–Kier alpha value is -2.59. The van der Waals surface area contributed by atoms with Gasteiger partial charge in [0.2, 0.25) is 0 Å². The summed E-state index contributed by atoms with van der Waals surface area (Å²) < 4.78 is 0. The van der Waals surface area contributed by atoms with Crippen LogP contribution >= 0.6 is 11.6 Å². The van der Waals surface area contributed by atoms with Gasteiger partial charge in [0.15, 0.2) is 0 Å². The van der Waals surface area contributed by atoms with Crippen LogP contribution in [0, 0.1) is 0 Å². The lowest BCUT2D eigenvalue weighted by molar-refractivity contribution is 0.262. The third-order valence-corrected chi connectivity index (χ3v) is 3.30. The molecule has 0 saturated carbocycles. The number of pyridine rings is 1. The molecule has 5 heteroatoms. The normalized spacial score (nSPS) is 10.3. The Kier molecular flexibility index (Phi) is 3.71. The number of carbonyl (C=O) groups excluding carboxylic acids is 1. The molecule has 2 aromatic carbocycles. The SMILES string of the molecule is O=C(Nc1cnc2ccccc2c1)Nc1ccccc1Cl. The molecular weight excluding hydrogens is 286 g/mol. The molecule has 1 aromatic heterocycles. The van der Waals surface area contributed by atoms with Crippen LogP contribution in [0.4, 0.5) is 16.2 Å². The molecule has 0 bridgehead atoms. The first-order chi connectivity index (χ1) is 10.2. The summed E-state index contributed by atoms with van der Waals surface area (Å²) >= 11 is 5.99. The van der Waals surface area contributed by atoms with Crippen LogP contribution in [-0.2, 0) is 0 Å². The molecule has 2 N–H and O–H groups in total. The number of aromatic nitrogens is 1. The van der Waals surface area contributed by atoms with Crippen LogP contribution in [-0.4, -0.2) is 11.0 Å². The highest BCUT2D eigenvalue weighted by atomic mass is 35.5. The van der Waals surface area contributed by atoms with Crippen LogP contribution in [0.15, 0.2) is 60.8 Å². The molecular formula is C16H12ClN3O. The van der Waals surface area contributed by atoms with Gasteiger partial charge in [0.1, 0.15) is 0 Å². The summed E-state index contributed by atoms with van der Waals surface area (Å²) in [5, 5.41) is 6.89. The minimum Gasteiger partial charge on any atom is -0.306 e. The van der Waals surface area contributed by atoms with E-state index in [0.29, 0.717) is 16.4 Å². The summed E-state index contributed by atoms with van der Waals surface area (Å²) in [4.78, 5) is 16.3. The zero-order chi connectivity index (χ0) is 14.7. The molecule has 0 aliphatic carbocycles. The van der Waals surface area contributed by atoms with E-state index in [2.05, 4.69) is 15.6 Å². The first-order valence-corrected chi connectivity index (χ1v) is 6.77. The minimum atomic E-state index is -0.361. The molecule has 0 saturated heterocycles. The standard InChI is InChI=1S/C16H12ClN3O/c17-13-6-2-4-8-15(13)20-16(21)19-12-9-11-5-1-3-7-14(11)18-10-12/h1-10H,(H2,19,20,21). The molecule has 0 fully saturated rings. The van der Waals surface area contributed by atoms with Gasteiger partial charge in [-0.3, -0.25) is 4.98 Å². The van der Waals surface area contributed by atoms with Crippen molar-refractivity contribution in [2.75, 3.05) is 10.6 Å². The van der Waals surface area contributed by atoms with Crippen molar-refractivity contribution in [3.63, 3.8) is 0 Å². The molecule has 2 amide bonds. The third-order valence-electron chi connectivity index (χ3n) is 2.97. The molecule has 104 valence electrons. The van der Waals surface area contributed by atoms with E-state index in [1.54, 1.807) is 30.5 Å². The summed E-state index contributed by atoms with van der Waals surface area (Å²) in [7, 11) is 0. The number of hydrogen-bond acceptors (Lipinski definition) is 2. The summed E-state index contributed by atoms with van der Waals surface area (Å²) in [5.74, 6) is 0. The minimum absolute atomic E-state index is 0.361. The first kappa shape index (κ1) is 13.4. The van der Waals surface area contributed by atoms with E-state index >= 15 is 0 Å². The van der Waals surface area contributed by atoms with Crippen LogP contribution in [0.5, 0.6) is 0 Å². The van der Waals surface area contributed by atoms with E-state index in [1.807, 2.05) is 30.3 Å². The second kappa shape index (κ2) is 5.81. The van der Waals surface area contributed by atoms with E-state index in [4.69, 9.17) is 11.6 Å². The van der Waals surface area contributed by atoms with Gasteiger partial charge in [-0.25, -0.2) is 4.79 Å². The van der Waals surface area contributed by atoms with E-state index in [0.717, 1.165) is 10.9 Å². The van der Waals surface area contributed by atoms with Crippen LogP contribution in [0.1, 0.15) is 0 Å². The maximum atomic E-state index is 12.0. The highest BCUT2D eigenvalue weighted by Crippen LogP contribution is 2.21. The van der Waals surface area contributed by atoms with Gasteiger partial charge in [0.05, 0.1) is 28.1 Å². The third kappa shape index (κ3) is 3.12. The van der Waals surface area contributed by atoms with Gasteiger partial charge in [0, 0.05) is 5.39 Å². The van der Waals surface area contributed by atoms with Gasteiger partial charge in [-0.2, -0.15) is 0 Å². The number of amides is 2. The van der Waals surface area contributed by atoms with Crippen molar-refractivity contribution < 1.29 is 4.79 Å². The van der Waals surface area contributed by atoms with Gasteiger partial charge in [-0.05, 0) is 24.3 Å². The van der Waals surface area contributed by atoms with E-state index in [-0.39, 0.29) is 6.03 Å². The molecule has 0 spiro atoms. The Morgan fingerprint density at radius 3 is 2.62 bits per heavy atom. The summed E-state index contributed by atoms with van der Waals surface area (Å²) in [6.07, 6.45) is 1.62. The molecule has 0 aliphatic rings. The van der Waals surface area contributed by atoms with Crippen LogP contribution < -0.4 is 10.6 Å². The number of para-hydroxylation sites is 2.